The lowest BCUT2D eigenvalue weighted by molar-refractivity contribution is -0.119. The monoisotopic (exact) mass is 464 g/mol. The predicted octanol–water partition coefficient (Wildman–Crippen LogP) is 3.32. The molecule has 0 saturated heterocycles. The third-order valence-corrected chi connectivity index (χ3v) is 10.4. The molecule has 2 N–H and O–H groups in total. The van der Waals surface area contributed by atoms with E-state index in [1.54, 1.807) is 4.68 Å². The normalized spacial score (nSPS) is 12.2. The lowest BCUT2D eigenvalue weighted by atomic mass is 10.2. The number of aromatic nitrogens is 4. The van der Waals surface area contributed by atoms with Crippen molar-refractivity contribution in [1.29, 1.82) is 0 Å². The smallest absolute Gasteiger partial charge is 0.282 e. The van der Waals surface area contributed by atoms with Gasteiger partial charge in [-0.3, -0.25) is 4.79 Å². The van der Waals surface area contributed by atoms with Gasteiger partial charge in [0.15, 0.2) is 5.82 Å². The van der Waals surface area contributed by atoms with Crippen LogP contribution in [0, 0.1) is 0 Å². The maximum absolute atomic E-state index is 13.5. The minimum absolute atomic E-state index is 0.491. The summed E-state index contributed by atoms with van der Waals surface area (Å²) in [6.45, 7) is 0. The van der Waals surface area contributed by atoms with Crippen molar-refractivity contribution in [3.05, 3.63) is 121 Å². The molecule has 5 aromatic rings. The van der Waals surface area contributed by atoms with Crippen molar-refractivity contribution in [2.24, 2.45) is 5.73 Å². The third kappa shape index (κ3) is 3.68. The van der Waals surface area contributed by atoms with Crippen LogP contribution >= 0.6 is 7.26 Å². The third-order valence-electron chi connectivity index (χ3n) is 5.87. The van der Waals surface area contributed by atoms with Gasteiger partial charge >= 0.3 is 0 Å². The molecule has 166 valence electrons. The number of nitrogens with two attached hydrogens (primary N) is 1. The topological polar surface area (TPSA) is 86.7 Å². The van der Waals surface area contributed by atoms with Crippen molar-refractivity contribution >= 4 is 29.1 Å². The molecule has 1 unspecified atom stereocenters. The van der Waals surface area contributed by atoms with Crippen LogP contribution in [0.15, 0.2) is 121 Å². The van der Waals surface area contributed by atoms with Gasteiger partial charge in [0.1, 0.15) is 23.2 Å². The van der Waals surface area contributed by atoms with Crippen molar-refractivity contribution in [2.75, 3.05) is 0 Å². The largest absolute Gasteiger partial charge is 0.364 e. The number of rotatable bonds is 7. The van der Waals surface area contributed by atoms with Crippen LogP contribution in [0.3, 0.4) is 0 Å². The van der Waals surface area contributed by atoms with E-state index < -0.39 is 19.0 Å². The highest BCUT2D eigenvalue weighted by atomic mass is 31.2. The summed E-state index contributed by atoms with van der Waals surface area (Å²) < 4.78 is 1.61. The number of nitrogens with zero attached hydrogens (tertiary/aromatic N) is 4. The first-order chi connectivity index (χ1) is 16.7. The maximum Gasteiger partial charge on any atom is 0.282 e. The minimum Gasteiger partial charge on any atom is -0.364 e. The van der Waals surface area contributed by atoms with Gasteiger partial charge in [0.25, 0.3) is 11.7 Å². The van der Waals surface area contributed by atoms with Gasteiger partial charge in [0.2, 0.25) is 0 Å². The summed E-state index contributed by atoms with van der Waals surface area (Å²) in [4.78, 5) is 13.5. The van der Waals surface area contributed by atoms with E-state index in [0.717, 1.165) is 21.5 Å². The second kappa shape index (κ2) is 9.38. The molecule has 0 aliphatic carbocycles. The van der Waals surface area contributed by atoms with Gasteiger partial charge in [-0.2, -0.15) is 4.68 Å². The molecular weight excluding hydrogens is 441 g/mol. The highest BCUT2D eigenvalue weighted by Crippen LogP contribution is 2.65. The fraction of sp³-hybridized carbons (Fsp3) is 0.0370. The Bertz CT molecular complexity index is 1280. The molecule has 1 heterocycles. The van der Waals surface area contributed by atoms with E-state index >= 15 is 0 Å². The quantitative estimate of drug-likeness (QED) is 0.375. The number of primary amides is 1. The molecular formula is C27H23N5OP+. The molecule has 1 atom stereocenters. The first-order valence-electron chi connectivity index (χ1n) is 10.9. The van der Waals surface area contributed by atoms with Gasteiger partial charge in [-0.25, -0.2) is 0 Å². The first kappa shape index (κ1) is 21.7. The average molecular weight is 464 g/mol. The Kier molecular flexibility index (Phi) is 5.98. The van der Waals surface area contributed by atoms with Gasteiger partial charge in [-0.1, -0.05) is 84.9 Å². The van der Waals surface area contributed by atoms with Crippen molar-refractivity contribution in [3.63, 3.8) is 0 Å². The molecule has 7 heteroatoms. The molecule has 1 amide bonds. The second-order valence-corrected chi connectivity index (χ2v) is 11.3. The second-order valence-electron chi connectivity index (χ2n) is 7.82. The Morgan fingerprint density at radius 1 is 0.676 bits per heavy atom. The van der Waals surface area contributed by atoms with Crippen LogP contribution in [0.25, 0.3) is 11.4 Å². The van der Waals surface area contributed by atoms with Gasteiger partial charge in [-0.05, 0) is 46.8 Å². The Labute approximate surface area is 198 Å². The number of hydrogen-bond donors (Lipinski definition) is 1. The minimum atomic E-state index is -2.71. The van der Waals surface area contributed by atoms with Crippen molar-refractivity contribution < 1.29 is 4.79 Å². The maximum atomic E-state index is 13.5. The van der Waals surface area contributed by atoms with E-state index in [9.17, 15) is 4.79 Å². The Balaban J connectivity index is 1.89. The van der Waals surface area contributed by atoms with Crippen LogP contribution in [-0.4, -0.2) is 26.1 Å². The molecule has 1 aromatic heterocycles. The zero-order valence-electron chi connectivity index (χ0n) is 18.3. The molecule has 0 saturated carbocycles. The predicted molar refractivity (Wildman–Crippen MR) is 137 cm³/mol. The van der Waals surface area contributed by atoms with Crippen molar-refractivity contribution in [2.45, 2.75) is 5.78 Å². The van der Waals surface area contributed by atoms with E-state index in [2.05, 4.69) is 51.9 Å². The summed E-state index contributed by atoms with van der Waals surface area (Å²) in [5.41, 5.74) is 7.06. The van der Waals surface area contributed by atoms with E-state index in [1.807, 2.05) is 84.9 Å². The first-order valence-corrected chi connectivity index (χ1v) is 12.8. The van der Waals surface area contributed by atoms with Crippen molar-refractivity contribution in [1.82, 2.24) is 20.2 Å². The van der Waals surface area contributed by atoms with Crippen LogP contribution in [0.1, 0.15) is 5.78 Å². The van der Waals surface area contributed by atoms with Gasteiger partial charge in [0.05, 0.1) is 0 Å². The summed E-state index contributed by atoms with van der Waals surface area (Å²) in [5.74, 6) is -0.837. The summed E-state index contributed by atoms with van der Waals surface area (Å²) in [6, 6.07) is 39.9. The molecule has 5 rings (SSSR count). The Hall–Kier alpha value is -4.15. The lowest BCUT2D eigenvalue weighted by Gasteiger charge is -2.32. The fourth-order valence-corrected chi connectivity index (χ4v) is 9.01. The molecule has 6 nitrogen and oxygen atoms in total. The molecule has 0 spiro atoms. The summed E-state index contributed by atoms with van der Waals surface area (Å²) in [7, 11) is -2.71. The molecule has 0 bridgehead atoms. The Morgan fingerprint density at radius 3 is 1.50 bits per heavy atom. The average Bonchev–Trinajstić information content (AvgIpc) is 3.38. The van der Waals surface area contributed by atoms with Crippen LogP contribution in [0.4, 0.5) is 0 Å². The standard InChI is InChI=1S/C27H22N5OP/c28-25(33)27(32-26(29-30-31-32)21-13-5-1-6-14-21)34(22-15-7-2-8-16-22,23-17-9-3-10-18-23)24-19-11-4-12-20-24/h1-20,27H,(H-,28,33)/p+1. The highest BCUT2D eigenvalue weighted by molar-refractivity contribution is 7.96. The SMILES string of the molecule is NC(=O)C(n1nnnc1-c1ccccc1)[P+](c1ccccc1)(c1ccccc1)c1ccccc1. The number of amides is 1. The Morgan fingerprint density at radius 2 is 1.09 bits per heavy atom. The van der Waals surface area contributed by atoms with Gasteiger partial charge < -0.3 is 5.73 Å². The zero-order chi connectivity index (χ0) is 23.4. The number of tetrazole rings is 1. The van der Waals surface area contributed by atoms with E-state index in [1.165, 1.54) is 0 Å². The molecule has 34 heavy (non-hydrogen) atoms. The molecule has 0 fully saturated rings. The number of carbonyl (C=O) groups excluding carboxylic acids is 1. The molecule has 0 radical (unpaired) electrons. The van der Waals surface area contributed by atoms with Crippen LogP contribution in [0.5, 0.6) is 0 Å². The van der Waals surface area contributed by atoms with Gasteiger partial charge in [-0.15, -0.1) is 5.10 Å². The van der Waals surface area contributed by atoms with E-state index in [-0.39, 0.29) is 0 Å². The molecule has 0 aliphatic heterocycles. The summed E-state index contributed by atoms with van der Waals surface area (Å²) in [5, 5.41) is 15.7. The van der Waals surface area contributed by atoms with Crippen molar-refractivity contribution in [3.8, 4) is 11.4 Å². The zero-order valence-corrected chi connectivity index (χ0v) is 19.2. The van der Waals surface area contributed by atoms with Crippen LogP contribution in [0.2, 0.25) is 0 Å². The van der Waals surface area contributed by atoms with Crippen LogP contribution < -0.4 is 21.6 Å². The van der Waals surface area contributed by atoms with Gasteiger partial charge in [0, 0.05) is 5.56 Å². The van der Waals surface area contributed by atoms with E-state index in [4.69, 9.17) is 5.73 Å². The number of benzene rings is 4. The summed E-state index contributed by atoms with van der Waals surface area (Å²) in [6.07, 6.45) is 0. The molecule has 4 aromatic carbocycles. The fourth-order valence-electron chi connectivity index (χ4n) is 4.47. The van der Waals surface area contributed by atoms with Crippen LogP contribution in [-0.2, 0) is 4.79 Å². The summed E-state index contributed by atoms with van der Waals surface area (Å²) >= 11 is 0. The lowest BCUT2D eigenvalue weighted by Crippen LogP contribution is -2.43. The molecule has 0 aliphatic rings. The number of carbonyl (C=O) groups is 1. The highest BCUT2D eigenvalue weighted by Gasteiger charge is 2.57. The van der Waals surface area contributed by atoms with E-state index in [0.29, 0.717) is 5.82 Å². The number of hydrogen-bond acceptors (Lipinski definition) is 4.